The maximum atomic E-state index is 12.8. The lowest BCUT2D eigenvalue weighted by atomic mass is 10.2. The molecule has 0 saturated carbocycles. The predicted octanol–water partition coefficient (Wildman–Crippen LogP) is 2.61. The average Bonchev–Trinajstić information content (AvgIpc) is 2.47. The summed E-state index contributed by atoms with van der Waals surface area (Å²) >= 11 is 0. The fourth-order valence-corrected chi connectivity index (χ4v) is 3.74. The van der Waals surface area contributed by atoms with Crippen LogP contribution in [0.15, 0.2) is 47.4 Å². The van der Waals surface area contributed by atoms with Crippen molar-refractivity contribution in [1.82, 2.24) is 0 Å². The van der Waals surface area contributed by atoms with Gasteiger partial charge in [-0.2, -0.15) is 0 Å². The van der Waals surface area contributed by atoms with Crippen LogP contribution in [0.2, 0.25) is 0 Å². The SMILES string of the molecule is CCN(c1cccc(C)c1)S(=O)(=O)c1ccc(O)c(C(=O)O)c1. The minimum atomic E-state index is -3.93. The number of hydrogen-bond donors (Lipinski definition) is 2. The van der Waals surface area contributed by atoms with Crippen molar-refractivity contribution in [3.05, 3.63) is 53.6 Å². The molecule has 0 heterocycles. The zero-order valence-electron chi connectivity index (χ0n) is 12.7. The van der Waals surface area contributed by atoms with Crippen LogP contribution in [0.3, 0.4) is 0 Å². The molecule has 2 rings (SSSR count). The maximum Gasteiger partial charge on any atom is 0.339 e. The van der Waals surface area contributed by atoms with Gasteiger partial charge in [0.15, 0.2) is 0 Å². The zero-order valence-corrected chi connectivity index (χ0v) is 13.5. The Kier molecular flexibility index (Phi) is 4.60. The molecule has 0 aliphatic carbocycles. The number of nitrogens with zero attached hydrogens (tertiary/aromatic N) is 1. The molecule has 2 aromatic carbocycles. The van der Waals surface area contributed by atoms with E-state index < -0.39 is 27.3 Å². The Balaban J connectivity index is 2.56. The third kappa shape index (κ3) is 3.29. The van der Waals surface area contributed by atoms with Crippen molar-refractivity contribution in [3.8, 4) is 5.75 Å². The van der Waals surface area contributed by atoms with Crippen LogP contribution in [0.4, 0.5) is 5.69 Å². The Bertz CT molecular complexity index is 845. The van der Waals surface area contributed by atoms with Gasteiger partial charge in [-0.1, -0.05) is 12.1 Å². The van der Waals surface area contributed by atoms with Gasteiger partial charge >= 0.3 is 5.97 Å². The smallest absolute Gasteiger partial charge is 0.339 e. The minimum Gasteiger partial charge on any atom is -0.507 e. The summed E-state index contributed by atoms with van der Waals surface area (Å²) in [4.78, 5) is 10.9. The summed E-state index contributed by atoms with van der Waals surface area (Å²) in [7, 11) is -3.93. The van der Waals surface area contributed by atoms with Crippen molar-refractivity contribution in [2.45, 2.75) is 18.7 Å². The number of phenols is 1. The Morgan fingerprint density at radius 3 is 2.43 bits per heavy atom. The first kappa shape index (κ1) is 16.8. The molecule has 0 saturated heterocycles. The van der Waals surface area contributed by atoms with Crippen LogP contribution in [0.5, 0.6) is 5.75 Å². The van der Waals surface area contributed by atoms with E-state index in [1.165, 1.54) is 10.4 Å². The highest BCUT2D eigenvalue weighted by Gasteiger charge is 2.25. The summed E-state index contributed by atoms with van der Waals surface area (Å²) in [6.07, 6.45) is 0. The number of aryl methyl sites for hydroxylation is 1. The Morgan fingerprint density at radius 1 is 1.17 bits per heavy atom. The van der Waals surface area contributed by atoms with Crippen LogP contribution < -0.4 is 4.31 Å². The van der Waals surface area contributed by atoms with Crippen LogP contribution in [0, 0.1) is 6.92 Å². The third-order valence-electron chi connectivity index (χ3n) is 3.36. The van der Waals surface area contributed by atoms with Crippen LogP contribution >= 0.6 is 0 Å². The highest BCUT2D eigenvalue weighted by atomic mass is 32.2. The van der Waals surface area contributed by atoms with Crippen molar-refractivity contribution in [2.24, 2.45) is 0 Å². The Labute approximate surface area is 134 Å². The summed E-state index contributed by atoms with van der Waals surface area (Å²) in [6.45, 7) is 3.74. The number of carboxylic acids is 1. The monoisotopic (exact) mass is 335 g/mol. The second-order valence-electron chi connectivity index (χ2n) is 4.99. The zero-order chi connectivity index (χ0) is 17.2. The van der Waals surface area contributed by atoms with Gasteiger partial charge in [-0.05, 0) is 49.7 Å². The van der Waals surface area contributed by atoms with Gasteiger partial charge in [-0.15, -0.1) is 0 Å². The van der Waals surface area contributed by atoms with Crippen molar-refractivity contribution >= 4 is 21.7 Å². The van der Waals surface area contributed by atoms with E-state index in [9.17, 15) is 18.3 Å². The molecule has 0 fully saturated rings. The van der Waals surface area contributed by atoms with Gasteiger partial charge in [0.2, 0.25) is 0 Å². The standard InChI is InChI=1S/C16H17NO5S/c1-3-17(12-6-4-5-11(2)9-12)23(21,22)13-7-8-15(18)14(10-13)16(19)20/h4-10,18H,3H2,1-2H3,(H,19,20). The molecule has 6 nitrogen and oxygen atoms in total. The number of aromatic hydroxyl groups is 1. The average molecular weight is 335 g/mol. The topological polar surface area (TPSA) is 94.9 Å². The Hall–Kier alpha value is -2.54. The van der Waals surface area contributed by atoms with Crippen LogP contribution in [0.25, 0.3) is 0 Å². The summed E-state index contributed by atoms with van der Waals surface area (Å²) in [5.74, 6) is -1.87. The minimum absolute atomic E-state index is 0.184. The van der Waals surface area contributed by atoms with Gasteiger partial charge in [0.1, 0.15) is 11.3 Å². The van der Waals surface area contributed by atoms with Crippen LogP contribution in [-0.4, -0.2) is 31.1 Å². The molecule has 0 spiro atoms. The summed E-state index contributed by atoms with van der Waals surface area (Å²) in [6, 6.07) is 10.2. The van der Waals surface area contributed by atoms with Gasteiger partial charge in [-0.3, -0.25) is 4.31 Å². The fourth-order valence-electron chi connectivity index (χ4n) is 2.25. The summed E-state index contributed by atoms with van der Waals surface area (Å²) in [5.41, 5.74) is 0.955. The van der Waals surface area contributed by atoms with E-state index in [4.69, 9.17) is 5.11 Å². The van der Waals surface area contributed by atoms with Gasteiger partial charge in [0.25, 0.3) is 10.0 Å². The second kappa shape index (κ2) is 6.29. The van der Waals surface area contributed by atoms with E-state index >= 15 is 0 Å². The summed E-state index contributed by atoms with van der Waals surface area (Å²) < 4.78 is 26.8. The molecule has 2 aromatic rings. The fraction of sp³-hybridized carbons (Fsp3) is 0.188. The highest BCUT2D eigenvalue weighted by Crippen LogP contribution is 2.27. The molecule has 0 aromatic heterocycles. The van der Waals surface area contributed by atoms with Crippen molar-refractivity contribution in [2.75, 3.05) is 10.8 Å². The third-order valence-corrected chi connectivity index (χ3v) is 5.26. The van der Waals surface area contributed by atoms with E-state index in [1.807, 2.05) is 13.0 Å². The maximum absolute atomic E-state index is 12.8. The molecule has 0 bridgehead atoms. The number of carboxylic acid groups (broad SMARTS) is 1. The first-order valence-corrected chi connectivity index (χ1v) is 8.37. The van der Waals surface area contributed by atoms with Crippen molar-refractivity contribution in [1.29, 1.82) is 0 Å². The molecular weight excluding hydrogens is 318 g/mol. The number of carbonyl (C=O) groups is 1. The lowest BCUT2D eigenvalue weighted by Gasteiger charge is -2.23. The van der Waals surface area contributed by atoms with Crippen molar-refractivity contribution in [3.63, 3.8) is 0 Å². The van der Waals surface area contributed by atoms with E-state index in [0.29, 0.717) is 5.69 Å². The normalized spacial score (nSPS) is 11.2. The molecule has 0 atom stereocenters. The Morgan fingerprint density at radius 2 is 1.87 bits per heavy atom. The highest BCUT2D eigenvalue weighted by molar-refractivity contribution is 7.92. The first-order chi connectivity index (χ1) is 10.8. The summed E-state index contributed by atoms with van der Waals surface area (Å²) in [5, 5.41) is 18.6. The first-order valence-electron chi connectivity index (χ1n) is 6.93. The molecule has 0 radical (unpaired) electrons. The van der Waals surface area contributed by atoms with Crippen molar-refractivity contribution < 1.29 is 23.4 Å². The largest absolute Gasteiger partial charge is 0.507 e. The molecule has 2 N–H and O–H groups in total. The van der Waals surface area contributed by atoms with E-state index in [1.54, 1.807) is 25.1 Å². The molecule has 122 valence electrons. The number of rotatable bonds is 5. The number of benzene rings is 2. The van der Waals surface area contributed by atoms with E-state index in [-0.39, 0.29) is 11.4 Å². The van der Waals surface area contributed by atoms with E-state index in [2.05, 4.69) is 0 Å². The lowest BCUT2D eigenvalue weighted by molar-refractivity contribution is 0.0693. The molecule has 23 heavy (non-hydrogen) atoms. The molecule has 0 aliphatic heterocycles. The van der Waals surface area contributed by atoms with Gasteiger partial charge in [-0.25, -0.2) is 13.2 Å². The van der Waals surface area contributed by atoms with Gasteiger partial charge in [0, 0.05) is 6.54 Å². The molecular formula is C16H17NO5S. The molecule has 0 amide bonds. The van der Waals surface area contributed by atoms with Crippen LogP contribution in [-0.2, 0) is 10.0 Å². The molecule has 0 unspecified atom stereocenters. The van der Waals surface area contributed by atoms with Gasteiger partial charge in [0.05, 0.1) is 10.6 Å². The number of aromatic carboxylic acids is 1. The lowest BCUT2D eigenvalue weighted by Crippen LogP contribution is -2.31. The molecule has 7 heteroatoms. The van der Waals surface area contributed by atoms with Crippen LogP contribution in [0.1, 0.15) is 22.8 Å². The predicted molar refractivity (Wildman–Crippen MR) is 86.5 cm³/mol. The second-order valence-corrected chi connectivity index (χ2v) is 6.86. The van der Waals surface area contributed by atoms with Gasteiger partial charge < -0.3 is 10.2 Å². The molecule has 0 aliphatic rings. The van der Waals surface area contributed by atoms with E-state index in [0.717, 1.165) is 17.7 Å². The number of sulfonamides is 1. The quantitative estimate of drug-likeness (QED) is 0.876. The number of anilines is 1. The number of hydrogen-bond acceptors (Lipinski definition) is 4.